The van der Waals surface area contributed by atoms with Crippen molar-refractivity contribution in [2.24, 2.45) is 0 Å². The number of rotatable bonds is 15. The molecule has 4 rings (SSSR count). The third-order valence-corrected chi connectivity index (χ3v) is 7.80. The second-order valence-electron chi connectivity index (χ2n) is 11.7. The number of ether oxygens (including phenoxy) is 2. The highest BCUT2D eigenvalue weighted by Crippen LogP contribution is 2.39. The number of nitrogens with one attached hydrogen (secondary N) is 1. The van der Waals surface area contributed by atoms with Gasteiger partial charge in [0.25, 0.3) is 5.91 Å². The fraction of sp³-hybridized carbons (Fsp3) is 0.278. The van der Waals surface area contributed by atoms with Crippen LogP contribution in [0, 0.1) is 17.5 Å². The van der Waals surface area contributed by atoms with Gasteiger partial charge in [-0.15, -0.1) is 0 Å². The zero-order valence-corrected chi connectivity index (χ0v) is 26.9. The summed E-state index contributed by atoms with van der Waals surface area (Å²) >= 11 is 0. The highest BCUT2D eigenvalue weighted by molar-refractivity contribution is 5.95. The molecule has 52 heavy (non-hydrogen) atoms. The molecule has 1 amide bonds. The summed E-state index contributed by atoms with van der Waals surface area (Å²) in [6, 6.07) is 13.0. The molecule has 2 atom stereocenters. The molecule has 4 aromatic carbocycles. The first kappa shape index (κ1) is 39.5. The summed E-state index contributed by atoms with van der Waals surface area (Å²) in [4.78, 5) is 24.6. The van der Waals surface area contributed by atoms with Crippen LogP contribution in [0.3, 0.4) is 0 Å². The van der Waals surface area contributed by atoms with Crippen molar-refractivity contribution in [3.63, 3.8) is 0 Å². The number of aliphatic carboxylic acids is 1. The molecule has 1 unspecified atom stereocenters. The van der Waals surface area contributed by atoms with E-state index in [-0.39, 0.29) is 23.6 Å². The van der Waals surface area contributed by atoms with Crippen LogP contribution in [0.4, 0.5) is 43.9 Å². The minimum Gasteiger partial charge on any atom is -0.491 e. The van der Waals surface area contributed by atoms with Gasteiger partial charge in [-0.05, 0) is 91.1 Å². The van der Waals surface area contributed by atoms with Crippen LogP contribution in [-0.2, 0) is 22.9 Å². The lowest BCUT2D eigenvalue weighted by Crippen LogP contribution is -2.49. The van der Waals surface area contributed by atoms with E-state index in [2.05, 4.69) is 10.1 Å². The molecule has 0 bridgehead atoms. The van der Waals surface area contributed by atoms with Crippen LogP contribution >= 0.6 is 0 Å². The monoisotopic (exact) mass is 745 g/mol. The van der Waals surface area contributed by atoms with Crippen LogP contribution in [0.15, 0.2) is 84.9 Å². The number of alkyl halides is 7. The first-order chi connectivity index (χ1) is 24.3. The van der Waals surface area contributed by atoms with E-state index >= 15 is 4.39 Å². The van der Waals surface area contributed by atoms with E-state index in [1.54, 1.807) is 6.92 Å². The van der Waals surface area contributed by atoms with Crippen molar-refractivity contribution in [2.75, 3.05) is 0 Å². The molecule has 6 nitrogen and oxygen atoms in total. The molecule has 278 valence electrons. The van der Waals surface area contributed by atoms with Gasteiger partial charge >= 0.3 is 24.7 Å². The Morgan fingerprint density at radius 2 is 1.44 bits per heavy atom. The predicted octanol–water partition coefficient (Wildman–Crippen LogP) is 9.30. The van der Waals surface area contributed by atoms with Gasteiger partial charge in [0.15, 0.2) is 0 Å². The average molecular weight is 746 g/mol. The van der Waals surface area contributed by atoms with Gasteiger partial charge in [0.05, 0.1) is 17.2 Å². The Kier molecular flexibility index (Phi) is 12.1. The van der Waals surface area contributed by atoms with Gasteiger partial charge in [-0.1, -0.05) is 24.3 Å². The molecule has 2 N–H and O–H groups in total. The van der Waals surface area contributed by atoms with E-state index in [0.29, 0.717) is 36.8 Å². The summed E-state index contributed by atoms with van der Waals surface area (Å²) in [6.07, 6.45) is -14.9. The van der Waals surface area contributed by atoms with Crippen molar-refractivity contribution in [2.45, 2.75) is 63.0 Å². The number of carboxylic acids is 1. The Balaban J connectivity index is 1.86. The molecular weight excluding hydrogens is 716 g/mol. The second-order valence-corrected chi connectivity index (χ2v) is 11.7. The van der Waals surface area contributed by atoms with Gasteiger partial charge in [0, 0.05) is 24.5 Å². The first-order valence-corrected chi connectivity index (χ1v) is 15.4. The van der Waals surface area contributed by atoms with Gasteiger partial charge in [-0.25, -0.2) is 13.2 Å². The zero-order valence-electron chi connectivity index (χ0n) is 26.9. The van der Waals surface area contributed by atoms with Crippen molar-refractivity contribution in [1.82, 2.24) is 5.32 Å². The maximum absolute atomic E-state index is 15.1. The summed E-state index contributed by atoms with van der Waals surface area (Å²) < 4.78 is 148. The molecular formula is C36H29F10NO5. The van der Waals surface area contributed by atoms with Gasteiger partial charge in [0.1, 0.15) is 29.0 Å². The number of halogens is 10. The van der Waals surface area contributed by atoms with Crippen molar-refractivity contribution >= 4 is 11.9 Å². The van der Waals surface area contributed by atoms with Crippen molar-refractivity contribution in [1.29, 1.82) is 0 Å². The van der Waals surface area contributed by atoms with Crippen molar-refractivity contribution in [3.8, 4) is 11.5 Å². The third kappa shape index (κ3) is 9.94. The van der Waals surface area contributed by atoms with E-state index in [1.165, 1.54) is 24.3 Å². The number of carbonyl (C=O) groups is 2. The number of carbonyl (C=O) groups excluding carboxylic acids is 1. The van der Waals surface area contributed by atoms with Crippen molar-refractivity contribution < 1.29 is 68.1 Å². The number of hydrogen-bond donors (Lipinski definition) is 2. The summed E-state index contributed by atoms with van der Waals surface area (Å²) in [5.41, 5.74) is -4.96. The fourth-order valence-corrected chi connectivity index (χ4v) is 5.34. The number of hydrogen-bond acceptors (Lipinski definition) is 4. The molecule has 0 aliphatic rings. The van der Waals surface area contributed by atoms with Crippen LogP contribution in [0.5, 0.6) is 11.5 Å². The minimum absolute atomic E-state index is 0.0775. The Bertz CT molecular complexity index is 1870. The highest BCUT2D eigenvalue weighted by atomic mass is 19.4. The molecule has 0 aliphatic heterocycles. The van der Waals surface area contributed by atoms with Crippen LogP contribution in [0.25, 0.3) is 0 Å². The smallest absolute Gasteiger partial charge is 0.461 e. The van der Waals surface area contributed by atoms with E-state index in [1.807, 2.05) is 0 Å². The molecule has 4 aromatic rings. The van der Waals surface area contributed by atoms with Crippen LogP contribution in [0.2, 0.25) is 0 Å². The van der Waals surface area contributed by atoms with Crippen LogP contribution in [-0.4, -0.2) is 35.6 Å². The molecule has 0 heterocycles. The second kappa shape index (κ2) is 15.9. The zero-order chi connectivity index (χ0) is 38.4. The molecule has 0 saturated carbocycles. The van der Waals surface area contributed by atoms with E-state index in [4.69, 9.17) is 9.84 Å². The molecule has 0 saturated heterocycles. The molecule has 16 heteroatoms. The molecule has 0 aliphatic carbocycles. The Morgan fingerprint density at radius 3 is 2.04 bits per heavy atom. The number of benzene rings is 4. The maximum Gasteiger partial charge on any atom is 0.461 e. The third-order valence-electron chi connectivity index (χ3n) is 7.80. The van der Waals surface area contributed by atoms with Crippen LogP contribution in [0.1, 0.15) is 58.8 Å². The summed E-state index contributed by atoms with van der Waals surface area (Å²) in [6.45, 7) is 1.70. The topological polar surface area (TPSA) is 84.9 Å². The van der Waals surface area contributed by atoms with Gasteiger partial charge < -0.3 is 19.9 Å². The van der Waals surface area contributed by atoms with Crippen molar-refractivity contribution in [3.05, 3.63) is 130 Å². The predicted molar refractivity (Wildman–Crippen MR) is 166 cm³/mol. The lowest BCUT2D eigenvalue weighted by atomic mass is 9.77. The molecule has 0 fully saturated rings. The number of carboxylic acid groups (broad SMARTS) is 1. The highest BCUT2D eigenvalue weighted by Gasteiger charge is 2.45. The molecule has 0 radical (unpaired) electrons. The SMILES string of the molecule is C[C@H](CCCC(=O)O)Oc1ccc(CC(NC(=O)c2ccc(F)c(C(F)(F)F)c2)(c2ccc(F)cc2)c2cc(F)cc(OC(F)(F)C(F)F)c2)cc1. The van der Waals surface area contributed by atoms with E-state index in [0.717, 1.165) is 36.4 Å². The average Bonchev–Trinajstić information content (AvgIpc) is 3.04. The number of amides is 1. The molecule has 0 aromatic heterocycles. The summed E-state index contributed by atoms with van der Waals surface area (Å²) in [7, 11) is 0. The summed E-state index contributed by atoms with van der Waals surface area (Å²) in [5, 5.41) is 11.3. The van der Waals surface area contributed by atoms with Gasteiger partial charge in [-0.2, -0.15) is 30.7 Å². The largest absolute Gasteiger partial charge is 0.491 e. The van der Waals surface area contributed by atoms with E-state index in [9.17, 15) is 49.1 Å². The summed E-state index contributed by atoms with van der Waals surface area (Å²) in [5.74, 6) is -6.91. The quantitative estimate of drug-likeness (QED) is 0.119. The normalized spacial score (nSPS) is 13.7. The Hall–Kier alpha value is -5.28. The van der Waals surface area contributed by atoms with Gasteiger partial charge in [-0.3, -0.25) is 9.59 Å². The Morgan fingerprint density at radius 1 is 0.788 bits per heavy atom. The fourth-order valence-electron chi connectivity index (χ4n) is 5.34. The van der Waals surface area contributed by atoms with E-state index < -0.39 is 88.5 Å². The maximum atomic E-state index is 15.1. The Labute approximate surface area is 290 Å². The lowest BCUT2D eigenvalue weighted by Gasteiger charge is -2.37. The first-order valence-electron chi connectivity index (χ1n) is 15.4. The standard InChI is InChI=1S/C36H29F10NO5/c1-20(3-2-4-31(48)49)51-27-12-5-21(6-13-27)19-34(23-8-10-25(37)11-9-23,24-16-26(38)18-28(17-24)52-36(45,46)33(40)41)47-32(50)22-7-14-30(39)29(15-22)35(42,43)44/h5-18,20,33H,2-4,19H2,1H3,(H,47,50)(H,48,49)/t20-,34?/m1/s1. The lowest BCUT2D eigenvalue weighted by molar-refractivity contribution is -0.253. The van der Waals surface area contributed by atoms with Crippen LogP contribution < -0.4 is 14.8 Å². The molecule has 0 spiro atoms. The minimum atomic E-state index is -5.23. The van der Waals surface area contributed by atoms with Gasteiger partial charge in [0.2, 0.25) is 0 Å².